The van der Waals surface area contributed by atoms with Crippen molar-refractivity contribution in [2.45, 2.75) is 31.8 Å². The second kappa shape index (κ2) is 5.64. The summed E-state index contributed by atoms with van der Waals surface area (Å²) in [6.07, 6.45) is 4.65. The first-order valence-electron chi connectivity index (χ1n) is 5.80. The summed E-state index contributed by atoms with van der Waals surface area (Å²) in [5.74, 6) is 0. The third-order valence-corrected chi connectivity index (χ3v) is 4.01. The first-order valence-corrected chi connectivity index (χ1v) is 6.68. The summed E-state index contributed by atoms with van der Waals surface area (Å²) in [6, 6.07) is 4.02. The Morgan fingerprint density at radius 2 is 2.13 bits per heavy atom. The Bertz CT molecular complexity index is 267. The van der Waals surface area contributed by atoms with E-state index in [1.165, 1.54) is 32.4 Å². The fraction of sp³-hybridized carbons (Fsp3) is 0.667. The molecule has 1 aromatic heterocycles. The van der Waals surface area contributed by atoms with Crippen molar-refractivity contribution in [3.05, 3.63) is 22.4 Å². The fourth-order valence-corrected chi connectivity index (χ4v) is 2.86. The van der Waals surface area contributed by atoms with Crippen LogP contribution in [0.5, 0.6) is 0 Å². The standard InChI is InChI=1S/C12H19NOS/c14-11(12-5-4-10-15-12)6-9-13-7-2-1-3-8-13/h4-5,10-11,14H,1-3,6-9H2/t11-/m1/s1. The zero-order valence-corrected chi connectivity index (χ0v) is 9.88. The van der Waals surface area contributed by atoms with Crippen LogP contribution in [0, 0.1) is 0 Å². The van der Waals surface area contributed by atoms with E-state index >= 15 is 0 Å². The average Bonchev–Trinajstić information content (AvgIpc) is 2.81. The van der Waals surface area contributed by atoms with E-state index in [0.29, 0.717) is 0 Å². The highest BCUT2D eigenvalue weighted by molar-refractivity contribution is 7.10. The molecule has 0 aromatic carbocycles. The van der Waals surface area contributed by atoms with Crippen LogP contribution in [0.1, 0.15) is 36.7 Å². The summed E-state index contributed by atoms with van der Waals surface area (Å²) in [6.45, 7) is 3.48. The lowest BCUT2D eigenvalue weighted by Crippen LogP contribution is -2.31. The highest BCUT2D eigenvalue weighted by Gasteiger charge is 2.13. The number of piperidine rings is 1. The first-order chi connectivity index (χ1) is 7.36. The van der Waals surface area contributed by atoms with E-state index in [-0.39, 0.29) is 6.10 Å². The molecule has 1 aliphatic rings. The van der Waals surface area contributed by atoms with Crippen molar-refractivity contribution < 1.29 is 5.11 Å². The number of likely N-dealkylation sites (tertiary alicyclic amines) is 1. The second-order valence-electron chi connectivity index (χ2n) is 4.22. The van der Waals surface area contributed by atoms with Gasteiger partial charge in [0.2, 0.25) is 0 Å². The number of hydrogen-bond acceptors (Lipinski definition) is 3. The van der Waals surface area contributed by atoms with Crippen LogP contribution in [0.25, 0.3) is 0 Å². The third kappa shape index (κ3) is 3.30. The number of aliphatic hydroxyl groups excluding tert-OH is 1. The zero-order chi connectivity index (χ0) is 10.5. The van der Waals surface area contributed by atoms with Crippen molar-refractivity contribution in [3.8, 4) is 0 Å². The van der Waals surface area contributed by atoms with Gasteiger partial charge in [-0.2, -0.15) is 0 Å². The topological polar surface area (TPSA) is 23.5 Å². The van der Waals surface area contributed by atoms with Gasteiger partial charge in [-0.1, -0.05) is 12.5 Å². The van der Waals surface area contributed by atoms with Gasteiger partial charge in [0.05, 0.1) is 6.10 Å². The maximum absolute atomic E-state index is 9.92. The fourth-order valence-electron chi connectivity index (χ4n) is 2.11. The Hall–Kier alpha value is -0.380. The lowest BCUT2D eigenvalue weighted by molar-refractivity contribution is 0.136. The van der Waals surface area contributed by atoms with Gasteiger partial charge in [0, 0.05) is 11.4 Å². The van der Waals surface area contributed by atoms with Crippen LogP contribution in [-0.4, -0.2) is 29.6 Å². The molecule has 0 radical (unpaired) electrons. The molecule has 0 unspecified atom stereocenters. The van der Waals surface area contributed by atoms with Gasteiger partial charge >= 0.3 is 0 Å². The number of nitrogens with zero attached hydrogens (tertiary/aromatic N) is 1. The molecule has 1 N–H and O–H groups in total. The maximum atomic E-state index is 9.92. The summed E-state index contributed by atoms with van der Waals surface area (Å²) in [7, 11) is 0. The van der Waals surface area contributed by atoms with Crippen LogP contribution >= 0.6 is 11.3 Å². The Labute approximate surface area is 95.5 Å². The van der Waals surface area contributed by atoms with Gasteiger partial charge in [-0.25, -0.2) is 0 Å². The van der Waals surface area contributed by atoms with E-state index in [9.17, 15) is 5.11 Å². The Kier molecular flexibility index (Phi) is 4.18. The van der Waals surface area contributed by atoms with Crippen LogP contribution < -0.4 is 0 Å². The highest BCUT2D eigenvalue weighted by Crippen LogP contribution is 2.22. The number of thiophene rings is 1. The van der Waals surface area contributed by atoms with Crippen molar-refractivity contribution in [3.63, 3.8) is 0 Å². The molecule has 0 amide bonds. The highest BCUT2D eigenvalue weighted by atomic mass is 32.1. The maximum Gasteiger partial charge on any atom is 0.0894 e. The SMILES string of the molecule is O[C@H](CCN1CCCCC1)c1cccs1. The van der Waals surface area contributed by atoms with Gasteiger partial charge in [0.15, 0.2) is 0 Å². The molecule has 1 aliphatic heterocycles. The van der Waals surface area contributed by atoms with Crippen molar-refractivity contribution >= 4 is 11.3 Å². The summed E-state index contributed by atoms with van der Waals surface area (Å²) >= 11 is 1.65. The Morgan fingerprint density at radius 1 is 1.33 bits per heavy atom. The minimum atomic E-state index is -0.257. The quantitative estimate of drug-likeness (QED) is 0.851. The molecule has 1 fully saturated rings. The van der Waals surface area contributed by atoms with Crippen molar-refractivity contribution in [1.29, 1.82) is 0 Å². The normalized spacial score (nSPS) is 20.3. The Morgan fingerprint density at radius 3 is 2.80 bits per heavy atom. The van der Waals surface area contributed by atoms with Crippen molar-refractivity contribution in [2.75, 3.05) is 19.6 Å². The molecule has 0 spiro atoms. The average molecular weight is 225 g/mol. The largest absolute Gasteiger partial charge is 0.388 e. The summed E-state index contributed by atoms with van der Waals surface area (Å²) in [5.41, 5.74) is 0. The van der Waals surface area contributed by atoms with Gasteiger partial charge in [-0.05, 0) is 43.8 Å². The molecular weight excluding hydrogens is 206 g/mol. The molecule has 0 bridgehead atoms. The number of aliphatic hydroxyl groups is 1. The molecule has 2 heterocycles. The number of rotatable bonds is 4. The van der Waals surface area contributed by atoms with Crippen molar-refractivity contribution in [1.82, 2.24) is 4.90 Å². The molecule has 2 rings (SSSR count). The van der Waals surface area contributed by atoms with Crippen LogP contribution in [0.3, 0.4) is 0 Å². The molecule has 0 aliphatic carbocycles. The molecular formula is C12H19NOS. The minimum Gasteiger partial charge on any atom is -0.388 e. The van der Waals surface area contributed by atoms with Crippen LogP contribution in [-0.2, 0) is 0 Å². The third-order valence-electron chi connectivity index (χ3n) is 3.04. The lowest BCUT2D eigenvalue weighted by Gasteiger charge is -2.27. The predicted octanol–water partition coefficient (Wildman–Crippen LogP) is 2.66. The molecule has 0 saturated carbocycles. The van der Waals surface area contributed by atoms with E-state index in [2.05, 4.69) is 4.90 Å². The van der Waals surface area contributed by atoms with Crippen LogP contribution in [0.2, 0.25) is 0 Å². The monoisotopic (exact) mass is 225 g/mol. The van der Waals surface area contributed by atoms with Gasteiger partial charge in [-0.3, -0.25) is 0 Å². The summed E-state index contributed by atoms with van der Waals surface area (Å²) in [4.78, 5) is 3.58. The molecule has 1 saturated heterocycles. The van der Waals surface area contributed by atoms with Crippen LogP contribution in [0.4, 0.5) is 0 Å². The van der Waals surface area contributed by atoms with Crippen molar-refractivity contribution in [2.24, 2.45) is 0 Å². The van der Waals surface area contributed by atoms with E-state index in [0.717, 1.165) is 17.8 Å². The Balaban J connectivity index is 1.73. The summed E-state index contributed by atoms with van der Waals surface area (Å²) in [5, 5.41) is 12.0. The summed E-state index contributed by atoms with van der Waals surface area (Å²) < 4.78 is 0. The second-order valence-corrected chi connectivity index (χ2v) is 5.20. The predicted molar refractivity (Wildman–Crippen MR) is 64.2 cm³/mol. The molecule has 2 nitrogen and oxygen atoms in total. The van der Waals surface area contributed by atoms with E-state index < -0.39 is 0 Å². The first kappa shape index (κ1) is 11.1. The molecule has 84 valence electrons. The van der Waals surface area contributed by atoms with Gasteiger partial charge in [-0.15, -0.1) is 11.3 Å². The van der Waals surface area contributed by atoms with E-state index in [4.69, 9.17) is 0 Å². The minimum absolute atomic E-state index is 0.257. The molecule has 3 heteroatoms. The van der Waals surface area contributed by atoms with Gasteiger partial charge in [0.25, 0.3) is 0 Å². The lowest BCUT2D eigenvalue weighted by atomic mass is 10.1. The molecule has 1 aromatic rings. The van der Waals surface area contributed by atoms with Gasteiger partial charge in [0.1, 0.15) is 0 Å². The number of hydrogen-bond donors (Lipinski definition) is 1. The zero-order valence-electron chi connectivity index (χ0n) is 9.06. The van der Waals surface area contributed by atoms with E-state index in [1.54, 1.807) is 11.3 Å². The van der Waals surface area contributed by atoms with E-state index in [1.807, 2.05) is 17.5 Å². The molecule has 15 heavy (non-hydrogen) atoms. The smallest absolute Gasteiger partial charge is 0.0894 e. The molecule has 1 atom stereocenters. The van der Waals surface area contributed by atoms with Crippen LogP contribution in [0.15, 0.2) is 17.5 Å². The van der Waals surface area contributed by atoms with Gasteiger partial charge < -0.3 is 10.0 Å².